The van der Waals surface area contributed by atoms with Crippen molar-refractivity contribution in [2.75, 3.05) is 0 Å². The van der Waals surface area contributed by atoms with Crippen LogP contribution in [0.2, 0.25) is 0 Å². The van der Waals surface area contributed by atoms with Gasteiger partial charge in [0.15, 0.2) is 5.88 Å². The van der Waals surface area contributed by atoms with E-state index < -0.39 is 67.4 Å². The Morgan fingerprint density at radius 1 is 0.737 bits per heavy atom. The van der Waals surface area contributed by atoms with Crippen LogP contribution in [0.5, 0.6) is 5.75 Å². The van der Waals surface area contributed by atoms with Gasteiger partial charge in [0.25, 0.3) is 0 Å². The van der Waals surface area contributed by atoms with Crippen molar-refractivity contribution in [1.82, 2.24) is 19.3 Å². The number of ether oxygens (including phenoxy) is 1. The van der Waals surface area contributed by atoms with Crippen molar-refractivity contribution in [2.45, 2.75) is 26.2 Å². The first-order chi connectivity index (χ1) is 32.0. The lowest BCUT2D eigenvalue weighted by Gasteiger charge is -2.20. The summed E-state index contributed by atoms with van der Waals surface area (Å²) in [6, 6.07) is 25.3. The van der Waals surface area contributed by atoms with E-state index in [1.54, 1.807) is 22.8 Å². The minimum Gasteiger partial charge on any atom is -0.442 e. The van der Waals surface area contributed by atoms with Gasteiger partial charge in [-0.2, -0.15) is 0 Å². The number of rotatable bonds is 7. The molecule has 0 fully saturated rings. The maximum absolute atomic E-state index is 8.99. The predicted molar refractivity (Wildman–Crippen MR) is 233 cm³/mol. The highest BCUT2D eigenvalue weighted by Crippen LogP contribution is 2.36. The maximum Gasteiger partial charge on any atom is 0.511 e. The fourth-order valence-corrected chi connectivity index (χ4v) is 7.51. The third-order valence-corrected chi connectivity index (χ3v) is 10.2. The molecule has 9 aromatic rings. The molecule has 3 aromatic heterocycles. The fraction of sp³-hybridized carbons (Fsp3) is 0.0800. The zero-order valence-corrected chi connectivity index (χ0v) is 31.3. The second kappa shape index (κ2) is 13.9. The number of hydrogen-bond donors (Lipinski definition) is 1. The number of hydrogen-bond acceptors (Lipinski definition) is 3. The average molecular weight is 748 g/mol. The third kappa shape index (κ3) is 6.18. The van der Waals surface area contributed by atoms with Crippen LogP contribution >= 0.6 is 0 Å². The van der Waals surface area contributed by atoms with E-state index in [9.17, 15) is 0 Å². The number of allylic oxidation sites excluding steroid dienone is 2. The van der Waals surface area contributed by atoms with Crippen molar-refractivity contribution in [3.05, 3.63) is 200 Å². The number of fused-ring (bicyclic) bond motifs is 4. The highest BCUT2D eigenvalue weighted by molar-refractivity contribution is 6.61. The van der Waals surface area contributed by atoms with Crippen LogP contribution in [0.15, 0.2) is 188 Å². The van der Waals surface area contributed by atoms with Gasteiger partial charge in [0, 0.05) is 28.6 Å². The van der Waals surface area contributed by atoms with Crippen LogP contribution in [0.25, 0.3) is 66.6 Å². The third-order valence-electron chi connectivity index (χ3n) is 10.2. The lowest BCUT2D eigenvalue weighted by Crippen LogP contribution is -2.43. The van der Waals surface area contributed by atoms with Gasteiger partial charge in [-0.25, -0.2) is 4.98 Å². The Bertz CT molecular complexity index is 3470. The van der Waals surface area contributed by atoms with Gasteiger partial charge in [-0.05, 0) is 75.6 Å². The quantitative estimate of drug-likeness (QED) is 0.100. The first-order valence-corrected chi connectivity index (χ1v) is 18.6. The lowest BCUT2D eigenvalue weighted by molar-refractivity contribution is -0.570. The predicted octanol–water partition coefficient (Wildman–Crippen LogP) is 10.8. The van der Waals surface area contributed by atoms with Gasteiger partial charge >= 0.3 is 6.98 Å². The lowest BCUT2D eigenvalue weighted by atomic mass is 9.74. The van der Waals surface area contributed by atoms with Crippen molar-refractivity contribution >= 4 is 39.8 Å². The molecule has 1 aliphatic heterocycles. The van der Waals surface area contributed by atoms with E-state index in [-0.39, 0.29) is 33.4 Å². The molecule has 0 amide bonds. The highest BCUT2D eigenvalue weighted by Gasteiger charge is 2.28. The summed E-state index contributed by atoms with van der Waals surface area (Å²) in [4.78, 5) is 4.81. The first-order valence-electron chi connectivity index (χ1n) is 23.6. The van der Waals surface area contributed by atoms with Crippen molar-refractivity contribution in [2.24, 2.45) is 0 Å². The molecule has 0 saturated heterocycles. The smallest absolute Gasteiger partial charge is 0.442 e. The molecule has 4 heterocycles. The number of benzene rings is 6. The Morgan fingerprint density at radius 3 is 2.16 bits per heavy atom. The monoisotopic (exact) mass is 747 g/mol. The topological polar surface area (TPSA) is 47.9 Å². The van der Waals surface area contributed by atoms with Crippen LogP contribution in [-0.4, -0.2) is 21.0 Å². The van der Waals surface area contributed by atoms with E-state index in [1.165, 1.54) is 0 Å². The summed E-state index contributed by atoms with van der Waals surface area (Å²) < 4.78 is 99.0. The Hall–Kier alpha value is -7.12. The van der Waals surface area contributed by atoms with E-state index in [0.29, 0.717) is 22.7 Å². The summed E-state index contributed by atoms with van der Waals surface area (Å²) in [6.07, 6.45) is 8.96. The summed E-state index contributed by atoms with van der Waals surface area (Å²) in [5.41, 5.74) is 4.47. The number of nitrogens with zero attached hydrogens (tertiary/aromatic N) is 4. The molecule has 1 aliphatic rings. The zero-order chi connectivity index (χ0) is 47.2. The van der Waals surface area contributed by atoms with Crippen molar-refractivity contribution < 1.29 is 23.0 Å². The van der Waals surface area contributed by atoms with Crippen LogP contribution in [0.3, 0.4) is 0 Å². The highest BCUT2D eigenvalue weighted by atomic mass is 16.5. The molecule has 0 aliphatic carbocycles. The molecule has 6 aromatic carbocycles. The van der Waals surface area contributed by atoms with Crippen molar-refractivity contribution in [3.8, 4) is 39.5 Å². The first kappa shape index (κ1) is 25.1. The fourth-order valence-electron chi connectivity index (χ4n) is 7.51. The minimum absolute atomic E-state index is 0.0873. The van der Waals surface area contributed by atoms with E-state index >= 15 is 0 Å². The van der Waals surface area contributed by atoms with Crippen LogP contribution < -0.4 is 14.5 Å². The molecule has 57 heavy (non-hydrogen) atoms. The molecule has 6 nitrogen and oxygen atoms in total. The van der Waals surface area contributed by atoms with Gasteiger partial charge in [0.1, 0.15) is 11.6 Å². The molecular weight excluding hydrogens is 697 g/mol. The van der Waals surface area contributed by atoms with Gasteiger partial charge in [-0.15, -0.1) is 0 Å². The standard InChI is InChI=1S/C50H40BN5O/c1-50(2,3)37-29-31-52-47(32-37)56-43-23-11-10-20-41(43)42-28-27-38(33-46(42)56)57-48-26-15-30-51(53-48)55-34-54(44-24-12-13-25-45(44)55)49-39(35-16-6-4-7-17-35)21-14-22-40(49)36-18-8-5-9-19-36/h4-33,53H,1-3H3/i4D,5D,6D,7D,8D,9D,16D,17D,18D,19D. The summed E-state index contributed by atoms with van der Waals surface area (Å²) in [5, 5.41) is 5.60. The SMILES string of the molecule is [2H]c1c([2H])c([2H])c(-c2cccc(-c3c([2H])c([2H])c([2H])c([2H])c3[2H])c2-[n+]2[c-]n(B3C=CC=C(Oc4ccc5c6ccccc6n(-c6cc(C(C)(C)C)ccn6)c5c4)N3)c3ccccc32)c([2H])c1[2H]. The Labute approximate surface area is 346 Å². The number of nitrogens with one attached hydrogen (secondary N) is 1. The van der Waals surface area contributed by atoms with Gasteiger partial charge < -0.3 is 19.0 Å². The molecule has 274 valence electrons. The van der Waals surface area contributed by atoms with E-state index in [4.69, 9.17) is 23.4 Å². The zero-order valence-electron chi connectivity index (χ0n) is 41.3. The average Bonchev–Trinajstić information content (AvgIpc) is 3.87. The molecule has 7 heteroatoms. The van der Waals surface area contributed by atoms with E-state index in [1.807, 2.05) is 89.5 Å². The summed E-state index contributed by atoms with van der Waals surface area (Å²) in [7, 11) is 0. The molecule has 1 N–H and O–H groups in total. The van der Waals surface area contributed by atoms with Crippen LogP contribution in [0.1, 0.15) is 40.0 Å². The number of imidazole rings is 1. The molecule has 0 spiro atoms. The van der Waals surface area contributed by atoms with Gasteiger partial charge in [0.2, 0.25) is 6.33 Å². The van der Waals surface area contributed by atoms with Crippen molar-refractivity contribution in [1.29, 1.82) is 0 Å². The molecule has 0 atom stereocenters. The molecule has 0 bridgehead atoms. The van der Waals surface area contributed by atoms with Gasteiger partial charge in [0.05, 0.1) is 35.9 Å². The van der Waals surface area contributed by atoms with E-state index in [0.717, 1.165) is 33.2 Å². The van der Waals surface area contributed by atoms with Gasteiger partial charge in [-0.3, -0.25) is 4.57 Å². The summed E-state index contributed by atoms with van der Waals surface area (Å²) >= 11 is 0. The van der Waals surface area contributed by atoms with Crippen LogP contribution in [-0.2, 0) is 5.41 Å². The molecule has 0 radical (unpaired) electrons. The second-order valence-electron chi connectivity index (χ2n) is 14.8. The molecule has 10 rings (SSSR count). The molecule has 0 unspecified atom stereocenters. The van der Waals surface area contributed by atoms with Gasteiger partial charge in [-0.1, -0.05) is 148 Å². The largest absolute Gasteiger partial charge is 0.511 e. The Balaban J connectivity index is 1.10. The summed E-state index contributed by atoms with van der Waals surface area (Å²) in [5.74, 6) is 3.70. The minimum atomic E-state index is -0.609. The second-order valence-corrected chi connectivity index (χ2v) is 14.8. The number of pyridine rings is 1. The van der Waals surface area contributed by atoms with Crippen molar-refractivity contribution in [3.63, 3.8) is 0 Å². The van der Waals surface area contributed by atoms with Crippen LogP contribution in [0, 0.1) is 6.33 Å². The summed E-state index contributed by atoms with van der Waals surface area (Å²) in [6.45, 7) is 5.92. The molecule has 0 saturated carbocycles. The maximum atomic E-state index is 8.99. The Kier molecular flexibility index (Phi) is 6.11. The Morgan fingerprint density at radius 2 is 1.42 bits per heavy atom. The van der Waals surface area contributed by atoms with Crippen LogP contribution in [0.4, 0.5) is 0 Å². The number of aromatic nitrogens is 4. The molecular formula is C50H40BN5O. The number of para-hydroxylation sites is 4. The van der Waals surface area contributed by atoms with E-state index in [2.05, 4.69) is 55.1 Å². The normalized spacial score (nSPS) is 15.4.